The third-order valence-electron chi connectivity index (χ3n) is 4.41. The number of nitrogens with zero attached hydrogens (tertiary/aromatic N) is 1. The van der Waals surface area contributed by atoms with Gasteiger partial charge < -0.3 is 9.64 Å². The summed E-state index contributed by atoms with van der Waals surface area (Å²) in [6.45, 7) is 2.20. The first-order valence-corrected chi connectivity index (χ1v) is 8.67. The van der Waals surface area contributed by atoms with Crippen molar-refractivity contribution < 1.29 is 4.74 Å². The molecule has 0 aliphatic heterocycles. The van der Waals surface area contributed by atoms with Gasteiger partial charge in [-0.05, 0) is 43.0 Å². The van der Waals surface area contributed by atoms with Crippen LogP contribution in [0, 0.1) is 5.41 Å². The largest absolute Gasteiger partial charge is 0.497 e. The van der Waals surface area contributed by atoms with Gasteiger partial charge in [0.1, 0.15) is 5.75 Å². The normalized spacial score (nSPS) is 18.2. The van der Waals surface area contributed by atoms with Crippen molar-refractivity contribution in [3.05, 3.63) is 29.8 Å². The molecule has 3 heteroatoms. The predicted octanol–water partition coefficient (Wildman–Crippen LogP) is 4.47. The Morgan fingerprint density at radius 1 is 1.15 bits per heavy atom. The van der Waals surface area contributed by atoms with Crippen LogP contribution in [-0.4, -0.2) is 30.9 Å². The molecule has 0 spiro atoms. The molecule has 0 heterocycles. The van der Waals surface area contributed by atoms with E-state index in [-0.39, 0.29) is 0 Å². The fourth-order valence-electron chi connectivity index (χ4n) is 3.31. The number of halogens is 1. The van der Waals surface area contributed by atoms with Gasteiger partial charge in [0, 0.05) is 18.4 Å². The molecule has 0 bridgehead atoms. The summed E-state index contributed by atoms with van der Waals surface area (Å²) in [5.41, 5.74) is 1.84. The highest BCUT2D eigenvalue weighted by atomic mass is 79.9. The summed E-state index contributed by atoms with van der Waals surface area (Å²) < 4.78 is 5.21. The number of rotatable bonds is 6. The highest BCUT2D eigenvalue weighted by Crippen LogP contribution is 2.38. The Labute approximate surface area is 131 Å². The molecule has 1 aliphatic carbocycles. The fraction of sp³-hybridized carbons (Fsp3) is 0.647. The van der Waals surface area contributed by atoms with Crippen molar-refractivity contribution in [1.29, 1.82) is 0 Å². The lowest BCUT2D eigenvalue weighted by atomic mass is 9.75. The summed E-state index contributed by atoms with van der Waals surface area (Å²) in [5, 5.41) is 1.13. The lowest BCUT2D eigenvalue weighted by Crippen LogP contribution is -2.38. The summed E-state index contributed by atoms with van der Waals surface area (Å²) in [7, 11) is 3.95. The van der Waals surface area contributed by atoms with Gasteiger partial charge in [0.05, 0.1) is 7.11 Å². The van der Waals surface area contributed by atoms with Crippen LogP contribution in [-0.2, 0) is 6.54 Å². The van der Waals surface area contributed by atoms with E-state index >= 15 is 0 Å². The average Bonchev–Trinajstić information content (AvgIpc) is 2.49. The van der Waals surface area contributed by atoms with E-state index < -0.39 is 0 Å². The van der Waals surface area contributed by atoms with Gasteiger partial charge in [-0.2, -0.15) is 0 Å². The average molecular weight is 340 g/mol. The van der Waals surface area contributed by atoms with E-state index in [1.54, 1.807) is 7.11 Å². The molecule has 0 amide bonds. The lowest BCUT2D eigenvalue weighted by Gasteiger charge is -2.39. The minimum Gasteiger partial charge on any atom is -0.497 e. The van der Waals surface area contributed by atoms with Crippen LogP contribution in [0.1, 0.15) is 37.7 Å². The van der Waals surface area contributed by atoms with E-state index in [1.807, 2.05) is 12.1 Å². The molecular weight excluding hydrogens is 314 g/mol. The summed E-state index contributed by atoms with van der Waals surface area (Å²) >= 11 is 3.76. The Hall–Kier alpha value is -0.540. The Morgan fingerprint density at radius 3 is 2.35 bits per heavy atom. The zero-order chi connectivity index (χ0) is 14.4. The van der Waals surface area contributed by atoms with Gasteiger partial charge in [-0.25, -0.2) is 0 Å². The Balaban J connectivity index is 1.91. The van der Waals surface area contributed by atoms with Gasteiger partial charge in [-0.1, -0.05) is 47.3 Å². The molecule has 0 atom stereocenters. The Morgan fingerprint density at radius 2 is 1.80 bits per heavy atom. The number of ether oxygens (including phenoxy) is 1. The van der Waals surface area contributed by atoms with Gasteiger partial charge in [0.25, 0.3) is 0 Å². The second-order valence-corrected chi connectivity index (χ2v) is 6.78. The molecule has 112 valence electrons. The van der Waals surface area contributed by atoms with E-state index in [0.717, 1.165) is 17.6 Å². The van der Waals surface area contributed by atoms with Crippen LogP contribution in [0.2, 0.25) is 0 Å². The third-order valence-corrected chi connectivity index (χ3v) is 5.60. The summed E-state index contributed by atoms with van der Waals surface area (Å²) in [4.78, 5) is 2.47. The molecule has 0 aromatic heterocycles. The van der Waals surface area contributed by atoms with E-state index in [1.165, 1.54) is 44.2 Å². The molecule has 1 aliphatic rings. The molecule has 1 aromatic rings. The van der Waals surface area contributed by atoms with Gasteiger partial charge in [-0.3, -0.25) is 0 Å². The first-order chi connectivity index (χ1) is 9.67. The van der Waals surface area contributed by atoms with Gasteiger partial charge >= 0.3 is 0 Å². The quantitative estimate of drug-likeness (QED) is 0.709. The summed E-state index contributed by atoms with van der Waals surface area (Å²) in [6.07, 6.45) is 6.93. The smallest absolute Gasteiger partial charge is 0.118 e. The van der Waals surface area contributed by atoms with E-state index in [4.69, 9.17) is 4.74 Å². The van der Waals surface area contributed by atoms with Crippen LogP contribution in [0.15, 0.2) is 24.3 Å². The maximum absolute atomic E-state index is 5.21. The SMILES string of the molecule is COc1ccc(CN(C)CC2(CBr)CCCCC2)cc1. The zero-order valence-electron chi connectivity index (χ0n) is 12.7. The summed E-state index contributed by atoms with van der Waals surface area (Å²) in [5.74, 6) is 0.931. The van der Waals surface area contributed by atoms with Crippen LogP contribution < -0.4 is 4.74 Å². The molecule has 20 heavy (non-hydrogen) atoms. The van der Waals surface area contributed by atoms with Gasteiger partial charge in [0.15, 0.2) is 0 Å². The third kappa shape index (κ3) is 4.23. The molecule has 0 saturated heterocycles. The molecule has 0 radical (unpaired) electrons. The van der Waals surface area contributed by atoms with Crippen molar-refractivity contribution >= 4 is 15.9 Å². The molecule has 2 nitrogen and oxygen atoms in total. The molecule has 2 rings (SSSR count). The van der Waals surface area contributed by atoms with Crippen molar-refractivity contribution in [3.63, 3.8) is 0 Å². The second-order valence-electron chi connectivity index (χ2n) is 6.21. The van der Waals surface area contributed by atoms with Crippen molar-refractivity contribution in [3.8, 4) is 5.75 Å². The highest BCUT2D eigenvalue weighted by Gasteiger charge is 2.31. The number of methoxy groups -OCH3 is 1. The van der Waals surface area contributed by atoms with Gasteiger partial charge in [0.2, 0.25) is 0 Å². The van der Waals surface area contributed by atoms with E-state index in [0.29, 0.717) is 5.41 Å². The monoisotopic (exact) mass is 339 g/mol. The second kappa shape index (κ2) is 7.46. The molecular formula is C17H26BrNO. The molecule has 1 aromatic carbocycles. The van der Waals surface area contributed by atoms with E-state index in [2.05, 4.69) is 40.0 Å². The number of hydrogen-bond donors (Lipinski definition) is 0. The van der Waals surface area contributed by atoms with Crippen molar-refractivity contribution in [2.24, 2.45) is 5.41 Å². The maximum Gasteiger partial charge on any atom is 0.118 e. The minimum absolute atomic E-state index is 0.486. The first-order valence-electron chi connectivity index (χ1n) is 7.55. The maximum atomic E-state index is 5.21. The number of benzene rings is 1. The van der Waals surface area contributed by atoms with Crippen LogP contribution in [0.4, 0.5) is 0 Å². The summed E-state index contributed by atoms with van der Waals surface area (Å²) in [6, 6.07) is 8.42. The molecule has 1 saturated carbocycles. The number of hydrogen-bond acceptors (Lipinski definition) is 2. The Kier molecular flexibility index (Phi) is 5.91. The first kappa shape index (κ1) is 15.8. The van der Waals surface area contributed by atoms with Crippen LogP contribution in [0.25, 0.3) is 0 Å². The topological polar surface area (TPSA) is 12.5 Å². The predicted molar refractivity (Wildman–Crippen MR) is 88.6 cm³/mol. The zero-order valence-corrected chi connectivity index (χ0v) is 14.3. The van der Waals surface area contributed by atoms with Crippen LogP contribution in [0.3, 0.4) is 0 Å². The standard InChI is InChI=1S/C17H26BrNO/c1-19(12-15-6-8-16(20-2)9-7-15)14-17(13-18)10-4-3-5-11-17/h6-9H,3-5,10-14H2,1-2H3. The molecule has 0 N–H and O–H groups in total. The van der Waals surface area contributed by atoms with Crippen molar-refractivity contribution in [2.75, 3.05) is 26.0 Å². The lowest BCUT2D eigenvalue weighted by molar-refractivity contribution is 0.141. The van der Waals surface area contributed by atoms with Crippen molar-refractivity contribution in [2.45, 2.75) is 38.6 Å². The number of alkyl halides is 1. The molecule has 0 unspecified atom stereocenters. The van der Waals surface area contributed by atoms with E-state index in [9.17, 15) is 0 Å². The molecule has 1 fully saturated rings. The van der Waals surface area contributed by atoms with Crippen molar-refractivity contribution in [1.82, 2.24) is 4.90 Å². The van der Waals surface area contributed by atoms with Crippen LogP contribution in [0.5, 0.6) is 5.75 Å². The van der Waals surface area contributed by atoms with Crippen LogP contribution >= 0.6 is 15.9 Å². The van der Waals surface area contributed by atoms with Gasteiger partial charge in [-0.15, -0.1) is 0 Å². The Bertz CT molecular complexity index is 398. The highest BCUT2D eigenvalue weighted by molar-refractivity contribution is 9.09. The minimum atomic E-state index is 0.486. The fourth-order valence-corrected chi connectivity index (χ4v) is 4.04.